The van der Waals surface area contributed by atoms with Gasteiger partial charge < -0.3 is 15.8 Å². The lowest BCUT2D eigenvalue weighted by Gasteiger charge is -2.34. The Bertz CT molecular complexity index is 518. The van der Waals surface area contributed by atoms with Crippen LogP contribution >= 0.6 is 0 Å². The molecular formula is C19H28F2N2O. The molecule has 1 heterocycles. The molecule has 3 N–H and O–H groups in total. The van der Waals surface area contributed by atoms with Crippen LogP contribution in [0.1, 0.15) is 62.0 Å². The molecule has 1 saturated heterocycles. The van der Waals surface area contributed by atoms with Gasteiger partial charge in [0.05, 0.1) is 12.7 Å². The first-order valence-corrected chi connectivity index (χ1v) is 9.12. The molecule has 24 heavy (non-hydrogen) atoms. The van der Waals surface area contributed by atoms with E-state index in [-0.39, 0.29) is 29.7 Å². The molecule has 0 spiro atoms. The van der Waals surface area contributed by atoms with Crippen LogP contribution in [0.25, 0.3) is 0 Å². The molecule has 1 aromatic carbocycles. The molecule has 134 valence electrons. The number of halogens is 2. The van der Waals surface area contributed by atoms with Gasteiger partial charge in [-0.25, -0.2) is 8.78 Å². The number of nitrogens with two attached hydrogens (primary N) is 1. The molecule has 5 heteroatoms. The topological polar surface area (TPSA) is 47.3 Å². The lowest BCUT2D eigenvalue weighted by molar-refractivity contribution is 0.00601. The monoisotopic (exact) mass is 338 g/mol. The molecule has 2 fully saturated rings. The van der Waals surface area contributed by atoms with Gasteiger partial charge in [-0.15, -0.1) is 0 Å². The van der Waals surface area contributed by atoms with Gasteiger partial charge in [-0.05, 0) is 56.6 Å². The zero-order chi connectivity index (χ0) is 16.9. The van der Waals surface area contributed by atoms with Gasteiger partial charge >= 0.3 is 0 Å². The van der Waals surface area contributed by atoms with Crippen molar-refractivity contribution in [3.63, 3.8) is 0 Å². The molecule has 1 unspecified atom stereocenters. The molecule has 1 saturated carbocycles. The van der Waals surface area contributed by atoms with Crippen molar-refractivity contribution in [2.45, 2.75) is 69.1 Å². The van der Waals surface area contributed by atoms with Gasteiger partial charge in [0.25, 0.3) is 6.43 Å². The number of piperidine rings is 1. The summed E-state index contributed by atoms with van der Waals surface area (Å²) in [6.45, 7) is 1.67. The Morgan fingerprint density at radius 3 is 2.58 bits per heavy atom. The van der Waals surface area contributed by atoms with Crippen LogP contribution in [-0.2, 0) is 4.74 Å². The summed E-state index contributed by atoms with van der Waals surface area (Å²) in [6.07, 6.45) is 3.72. The Kier molecular flexibility index (Phi) is 6.19. The summed E-state index contributed by atoms with van der Waals surface area (Å²) in [7, 11) is 0. The number of ether oxygens (including phenoxy) is 1. The van der Waals surface area contributed by atoms with Crippen molar-refractivity contribution >= 4 is 0 Å². The van der Waals surface area contributed by atoms with Crippen molar-refractivity contribution in [1.82, 2.24) is 5.32 Å². The maximum atomic E-state index is 13.2. The second-order valence-corrected chi connectivity index (χ2v) is 7.10. The fraction of sp³-hybridized carbons (Fsp3) is 0.684. The summed E-state index contributed by atoms with van der Waals surface area (Å²) < 4.78 is 32.4. The molecule has 1 aliphatic heterocycles. The summed E-state index contributed by atoms with van der Waals surface area (Å²) >= 11 is 0. The molecule has 0 bridgehead atoms. The van der Waals surface area contributed by atoms with Gasteiger partial charge in [0, 0.05) is 17.6 Å². The summed E-state index contributed by atoms with van der Waals surface area (Å²) in [5.41, 5.74) is 7.14. The molecular weight excluding hydrogens is 310 g/mol. The second kappa shape index (κ2) is 8.37. The Balaban J connectivity index is 1.49. The first-order valence-electron chi connectivity index (χ1n) is 9.12. The minimum Gasteiger partial charge on any atom is -0.377 e. The van der Waals surface area contributed by atoms with E-state index >= 15 is 0 Å². The van der Waals surface area contributed by atoms with Crippen LogP contribution in [0, 0.1) is 0 Å². The maximum Gasteiger partial charge on any atom is 0.264 e. The van der Waals surface area contributed by atoms with Crippen LogP contribution < -0.4 is 11.1 Å². The minimum atomic E-state index is -2.39. The lowest BCUT2D eigenvalue weighted by Crippen LogP contribution is -2.52. The Morgan fingerprint density at radius 1 is 1.12 bits per heavy atom. The largest absolute Gasteiger partial charge is 0.377 e. The lowest BCUT2D eigenvalue weighted by atomic mass is 9.81. The van der Waals surface area contributed by atoms with Gasteiger partial charge in [0.15, 0.2) is 0 Å². The molecule has 0 amide bonds. The zero-order valence-electron chi connectivity index (χ0n) is 14.1. The highest BCUT2D eigenvalue weighted by atomic mass is 19.3. The third kappa shape index (κ3) is 4.32. The summed E-state index contributed by atoms with van der Waals surface area (Å²) in [6, 6.07) is 7.39. The van der Waals surface area contributed by atoms with Gasteiger partial charge in [-0.3, -0.25) is 0 Å². The van der Waals surface area contributed by atoms with E-state index in [2.05, 4.69) is 5.32 Å². The SMILES string of the molecule is NC1CCCN[C@H]1CO[C@H]1CC[C@@H](c2ccccc2C(F)F)CC1. The average molecular weight is 338 g/mol. The van der Waals surface area contributed by atoms with Crippen molar-refractivity contribution in [2.75, 3.05) is 13.2 Å². The summed E-state index contributed by atoms with van der Waals surface area (Å²) in [5, 5.41) is 3.43. The Labute approximate surface area is 142 Å². The third-order valence-corrected chi connectivity index (χ3v) is 5.49. The molecule has 1 aliphatic carbocycles. The van der Waals surface area contributed by atoms with Crippen LogP contribution in [0.5, 0.6) is 0 Å². The summed E-state index contributed by atoms with van der Waals surface area (Å²) in [5.74, 6) is 0.227. The predicted molar refractivity (Wildman–Crippen MR) is 91.3 cm³/mol. The average Bonchev–Trinajstić information content (AvgIpc) is 2.61. The standard InChI is InChI=1S/C19H28F2N2O/c20-19(21)16-5-2-1-4-15(16)13-7-9-14(10-8-13)24-12-18-17(22)6-3-11-23-18/h1-2,4-5,13-14,17-19,23H,3,6-12,22H2/t13-,14+,17?,18-/m0/s1. The van der Waals surface area contributed by atoms with Gasteiger partial charge in [-0.1, -0.05) is 24.3 Å². The van der Waals surface area contributed by atoms with E-state index in [0.29, 0.717) is 6.61 Å². The van der Waals surface area contributed by atoms with Crippen molar-refractivity contribution in [1.29, 1.82) is 0 Å². The van der Waals surface area contributed by atoms with E-state index in [9.17, 15) is 8.78 Å². The molecule has 3 rings (SSSR count). The Hall–Kier alpha value is -1.04. The van der Waals surface area contributed by atoms with Gasteiger partial charge in [-0.2, -0.15) is 0 Å². The zero-order valence-corrected chi connectivity index (χ0v) is 14.1. The van der Waals surface area contributed by atoms with Crippen molar-refractivity contribution in [2.24, 2.45) is 5.73 Å². The molecule has 2 atom stereocenters. The van der Waals surface area contributed by atoms with Crippen LogP contribution in [0.3, 0.4) is 0 Å². The highest BCUT2D eigenvalue weighted by molar-refractivity contribution is 5.31. The minimum absolute atomic E-state index is 0.174. The highest BCUT2D eigenvalue weighted by Crippen LogP contribution is 2.38. The van der Waals surface area contributed by atoms with E-state index in [1.54, 1.807) is 12.1 Å². The number of alkyl halides is 2. The smallest absolute Gasteiger partial charge is 0.264 e. The van der Waals surface area contributed by atoms with Crippen LogP contribution in [0.4, 0.5) is 8.78 Å². The molecule has 2 aliphatic rings. The van der Waals surface area contributed by atoms with E-state index < -0.39 is 6.43 Å². The van der Waals surface area contributed by atoms with Crippen LogP contribution in [-0.4, -0.2) is 31.3 Å². The van der Waals surface area contributed by atoms with Gasteiger partial charge in [0.1, 0.15) is 0 Å². The number of rotatable bonds is 5. The summed E-state index contributed by atoms with van der Waals surface area (Å²) in [4.78, 5) is 0. The van der Waals surface area contributed by atoms with Gasteiger partial charge in [0.2, 0.25) is 0 Å². The first-order chi connectivity index (χ1) is 11.6. The number of hydrogen-bond acceptors (Lipinski definition) is 3. The fourth-order valence-corrected chi connectivity index (χ4v) is 4.02. The van der Waals surface area contributed by atoms with Crippen LogP contribution in [0.15, 0.2) is 24.3 Å². The maximum absolute atomic E-state index is 13.2. The second-order valence-electron chi connectivity index (χ2n) is 7.10. The predicted octanol–water partition coefficient (Wildman–Crippen LogP) is 3.75. The van der Waals surface area contributed by atoms with Crippen molar-refractivity contribution < 1.29 is 13.5 Å². The van der Waals surface area contributed by atoms with E-state index in [4.69, 9.17) is 10.5 Å². The fourth-order valence-electron chi connectivity index (χ4n) is 4.02. The van der Waals surface area contributed by atoms with Crippen molar-refractivity contribution in [3.8, 4) is 0 Å². The normalized spacial score (nSPS) is 31.3. The van der Waals surface area contributed by atoms with Crippen molar-refractivity contribution in [3.05, 3.63) is 35.4 Å². The molecule has 0 aromatic heterocycles. The molecule has 1 aromatic rings. The van der Waals surface area contributed by atoms with E-state index in [1.807, 2.05) is 12.1 Å². The molecule has 0 radical (unpaired) electrons. The Morgan fingerprint density at radius 2 is 1.88 bits per heavy atom. The first kappa shape index (κ1) is 17.8. The number of hydrogen-bond donors (Lipinski definition) is 2. The molecule has 3 nitrogen and oxygen atoms in total. The van der Waals surface area contributed by atoms with Crippen LogP contribution in [0.2, 0.25) is 0 Å². The third-order valence-electron chi connectivity index (χ3n) is 5.49. The number of nitrogens with one attached hydrogen (secondary N) is 1. The quantitative estimate of drug-likeness (QED) is 0.860. The highest BCUT2D eigenvalue weighted by Gasteiger charge is 2.28. The number of benzene rings is 1. The van der Waals surface area contributed by atoms with E-state index in [0.717, 1.165) is 50.6 Å². The van der Waals surface area contributed by atoms with E-state index in [1.165, 1.54) is 0 Å².